The van der Waals surface area contributed by atoms with Gasteiger partial charge in [0.15, 0.2) is 5.75 Å². The number of benzene rings is 2. The maximum atomic E-state index is 13.2. The third kappa shape index (κ3) is 5.56. The van der Waals surface area contributed by atoms with Crippen molar-refractivity contribution in [2.24, 2.45) is 0 Å². The second-order valence-electron chi connectivity index (χ2n) is 7.71. The Morgan fingerprint density at radius 1 is 1.09 bits per heavy atom. The van der Waals surface area contributed by atoms with Gasteiger partial charge in [-0.25, -0.2) is 8.42 Å². The van der Waals surface area contributed by atoms with Crippen molar-refractivity contribution in [1.29, 1.82) is 5.26 Å². The number of thiophene rings is 1. The molecule has 2 aromatic carbocycles. The van der Waals surface area contributed by atoms with Crippen molar-refractivity contribution in [2.45, 2.75) is 24.2 Å². The summed E-state index contributed by atoms with van der Waals surface area (Å²) in [5.74, 6) is 0.609. The van der Waals surface area contributed by atoms with Crippen LogP contribution in [-0.4, -0.2) is 38.3 Å². The van der Waals surface area contributed by atoms with Crippen LogP contribution in [0.2, 0.25) is 0 Å². The summed E-state index contributed by atoms with van der Waals surface area (Å²) in [7, 11) is -3.66. The highest BCUT2D eigenvalue weighted by Gasteiger charge is 2.27. The predicted octanol–water partition coefficient (Wildman–Crippen LogP) is 4.64. The molecule has 0 bridgehead atoms. The van der Waals surface area contributed by atoms with Crippen molar-refractivity contribution in [3.63, 3.8) is 0 Å². The summed E-state index contributed by atoms with van der Waals surface area (Å²) in [6.07, 6.45) is 2.70. The van der Waals surface area contributed by atoms with Crippen LogP contribution >= 0.6 is 11.3 Å². The van der Waals surface area contributed by atoms with E-state index in [2.05, 4.69) is 10.6 Å². The van der Waals surface area contributed by atoms with Crippen LogP contribution in [0.4, 0.5) is 10.7 Å². The third-order valence-electron chi connectivity index (χ3n) is 5.35. The first-order chi connectivity index (χ1) is 16.5. The van der Waals surface area contributed by atoms with Crippen LogP contribution in [0.25, 0.3) is 0 Å². The Balaban J connectivity index is 1.57. The third-order valence-corrected chi connectivity index (χ3v) is 8.08. The maximum Gasteiger partial charge on any atom is 0.244 e. The lowest BCUT2D eigenvalue weighted by atomic mass is 10.2. The van der Waals surface area contributed by atoms with E-state index in [1.54, 1.807) is 29.6 Å². The number of nitriles is 1. The molecule has 4 rings (SSSR count). The second-order valence-corrected chi connectivity index (χ2v) is 10.6. The smallest absolute Gasteiger partial charge is 0.244 e. The number of nitrogens with one attached hydrogen (secondary N) is 2. The quantitative estimate of drug-likeness (QED) is 0.470. The minimum absolute atomic E-state index is 0.138. The molecule has 0 atom stereocenters. The SMILES string of the molecule is N#Cc1ccsc1NC(=O)CNc1cc(S(=O)(=O)N2CCCCC2)ccc1Oc1ccccc1. The fraction of sp³-hybridized carbons (Fsp3) is 0.250. The molecule has 0 aliphatic carbocycles. The van der Waals surface area contributed by atoms with Gasteiger partial charge in [0.05, 0.1) is 22.7 Å². The minimum atomic E-state index is -3.66. The van der Waals surface area contributed by atoms with Crippen molar-refractivity contribution in [1.82, 2.24) is 4.31 Å². The molecule has 1 aromatic heterocycles. The van der Waals surface area contributed by atoms with Gasteiger partial charge in [-0.05, 0) is 54.6 Å². The molecule has 0 saturated carbocycles. The second kappa shape index (κ2) is 10.7. The van der Waals surface area contributed by atoms with E-state index in [-0.39, 0.29) is 17.3 Å². The van der Waals surface area contributed by atoms with Crippen LogP contribution < -0.4 is 15.4 Å². The summed E-state index contributed by atoms with van der Waals surface area (Å²) in [6.45, 7) is 0.858. The van der Waals surface area contributed by atoms with Gasteiger partial charge in [0, 0.05) is 13.1 Å². The molecule has 34 heavy (non-hydrogen) atoms. The van der Waals surface area contributed by atoms with E-state index in [9.17, 15) is 13.2 Å². The summed E-state index contributed by atoms with van der Waals surface area (Å²) in [5.41, 5.74) is 0.768. The van der Waals surface area contributed by atoms with Crippen molar-refractivity contribution < 1.29 is 17.9 Å². The number of carbonyl (C=O) groups is 1. The van der Waals surface area contributed by atoms with E-state index in [1.807, 2.05) is 24.3 Å². The average molecular weight is 497 g/mol. The van der Waals surface area contributed by atoms with Gasteiger partial charge in [-0.1, -0.05) is 24.6 Å². The predicted molar refractivity (Wildman–Crippen MR) is 132 cm³/mol. The molecule has 1 aliphatic rings. The van der Waals surface area contributed by atoms with Crippen molar-refractivity contribution in [2.75, 3.05) is 30.3 Å². The normalized spacial score (nSPS) is 14.2. The van der Waals surface area contributed by atoms with Gasteiger partial charge in [0.1, 0.15) is 16.8 Å². The van der Waals surface area contributed by atoms with Gasteiger partial charge in [0.2, 0.25) is 15.9 Å². The lowest BCUT2D eigenvalue weighted by molar-refractivity contribution is -0.114. The van der Waals surface area contributed by atoms with E-state index >= 15 is 0 Å². The number of carbonyl (C=O) groups excluding carboxylic acids is 1. The number of rotatable bonds is 8. The highest BCUT2D eigenvalue weighted by atomic mass is 32.2. The Morgan fingerprint density at radius 3 is 2.59 bits per heavy atom. The number of nitrogens with zero attached hydrogens (tertiary/aromatic N) is 2. The molecule has 2 N–H and O–H groups in total. The fourth-order valence-corrected chi connectivity index (χ4v) is 5.90. The maximum absolute atomic E-state index is 13.2. The Bertz CT molecular complexity index is 1290. The monoisotopic (exact) mass is 496 g/mol. The number of ether oxygens (including phenoxy) is 1. The molecule has 1 amide bonds. The molecule has 0 spiro atoms. The largest absolute Gasteiger partial charge is 0.455 e. The lowest BCUT2D eigenvalue weighted by Gasteiger charge is -2.26. The summed E-state index contributed by atoms with van der Waals surface area (Å²) in [5, 5.41) is 17.0. The number of hydrogen-bond acceptors (Lipinski definition) is 7. The first kappa shape index (κ1) is 23.8. The molecular formula is C24H24N4O4S2. The van der Waals surface area contributed by atoms with Crippen LogP contribution in [0, 0.1) is 11.3 Å². The van der Waals surface area contributed by atoms with Gasteiger partial charge >= 0.3 is 0 Å². The summed E-state index contributed by atoms with van der Waals surface area (Å²) >= 11 is 1.26. The van der Waals surface area contributed by atoms with Crippen molar-refractivity contribution in [3.8, 4) is 17.6 Å². The molecule has 0 radical (unpaired) electrons. The Hall–Kier alpha value is -3.39. The van der Waals surface area contributed by atoms with E-state index in [1.165, 1.54) is 27.8 Å². The van der Waals surface area contributed by atoms with Crippen molar-refractivity contribution in [3.05, 3.63) is 65.5 Å². The van der Waals surface area contributed by atoms with E-state index < -0.39 is 10.0 Å². The number of sulfonamides is 1. The zero-order chi connectivity index (χ0) is 24.0. The molecular weight excluding hydrogens is 472 g/mol. The Labute approximate surface area is 202 Å². The number of anilines is 2. The fourth-order valence-electron chi connectivity index (χ4n) is 3.61. The molecule has 0 unspecified atom stereocenters. The highest BCUT2D eigenvalue weighted by molar-refractivity contribution is 7.89. The van der Waals surface area contributed by atoms with Gasteiger partial charge in [0.25, 0.3) is 0 Å². The first-order valence-corrected chi connectivity index (χ1v) is 13.2. The Morgan fingerprint density at radius 2 is 1.85 bits per heavy atom. The van der Waals surface area contributed by atoms with Crippen LogP contribution in [0.15, 0.2) is 64.9 Å². The number of para-hydroxylation sites is 1. The van der Waals surface area contributed by atoms with E-state index in [0.717, 1.165) is 19.3 Å². The van der Waals surface area contributed by atoms with Crippen LogP contribution in [-0.2, 0) is 14.8 Å². The molecule has 176 valence electrons. The molecule has 10 heteroatoms. The summed E-state index contributed by atoms with van der Waals surface area (Å²) in [6, 6.07) is 17.4. The molecule has 8 nitrogen and oxygen atoms in total. The topological polar surface area (TPSA) is 112 Å². The van der Waals surface area contributed by atoms with Crippen LogP contribution in [0.1, 0.15) is 24.8 Å². The van der Waals surface area contributed by atoms with Gasteiger partial charge in [-0.2, -0.15) is 9.57 Å². The molecule has 1 saturated heterocycles. The van der Waals surface area contributed by atoms with Crippen molar-refractivity contribution >= 4 is 38.0 Å². The number of amides is 1. The van der Waals surface area contributed by atoms with Gasteiger partial charge < -0.3 is 15.4 Å². The summed E-state index contributed by atoms with van der Waals surface area (Å²) in [4.78, 5) is 12.6. The number of piperidine rings is 1. The van der Waals surface area contributed by atoms with E-state index in [0.29, 0.717) is 40.8 Å². The summed E-state index contributed by atoms with van der Waals surface area (Å²) < 4.78 is 33.8. The van der Waals surface area contributed by atoms with Gasteiger partial charge in [-0.15, -0.1) is 11.3 Å². The van der Waals surface area contributed by atoms with E-state index in [4.69, 9.17) is 10.00 Å². The Kier molecular flexibility index (Phi) is 7.47. The minimum Gasteiger partial charge on any atom is -0.455 e. The zero-order valence-electron chi connectivity index (χ0n) is 18.4. The van der Waals surface area contributed by atoms with Crippen LogP contribution in [0.5, 0.6) is 11.5 Å². The molecule has 1 fully saturated rings. The number of hydrogen-bond donors (Lipinski definition) is 2. The molecule has 2 heterocycles. The average Bonchev–Trinajstić information content (AvgIpc) is 3.31. The van der Waals surface area contributed by atoms with Gasteiger partial charge in [-0.3, -0.25) is 4.79 Å². The first-order valence-electron chi connectivity index (χ1n) is 10.9. The molecule has 3 aromatic rings. The lowest BCUT2D eigenvalue weighted by Crippen LogP contribution is -2.35. The standard InChI is InChI=1S/C24H24N4O4S2/c25-16-18-11-14-33-24(18)27-23(29)17-26-21-15-20(34(30,31)28-12-5-2-6-13-28)9-10-22(21)32-19-7-3-1-4-8-19/h1,3-4,7-11,14-15,26H,2,5-6,12-13,17H2,(H,27,29). The van der Waals surface area contributed by atoms with Crippen LogP contribution in [0.3, 0.4) is 0 Å². The molecule has 1 aliphatic heterocycles. The highest BCUT2D eigenvalue weighted by Crippen LogP contribution is 2.33. The zero-order valence-corrected chi connectivity index (χ0v) is 20.0.